The number of carbonyl (C=O) groups excluding carboxylic acids is 2. The van der Waals surface area contributed by atoms with Crippen molar-refractivity contribution in [2.24, 2.45) is 0 Å². The number of rotatable bonds is 48. The molecule has 0 aromatic carbocycles. The first-order valence-corrected chi connectivity index (χ1v) is 28.9. The van der Waals surface area contributed by atoms with Gasteiger partial charge in [-0.25, -0.2) is 9.13 Å². The van der Waals surface area contributed by atoms with Crippen LogP contribution in [0.5, 0.6) is 0 Å². The number of phosphoric ester groups is 2. The van der Waals surface area contributed by atoms with Crippen molar-refractivity contribution >= 4 is 27.6 Å². The van der Waals surface area contributed by atoms with E-state index in [-0.39, 0.29) is 12.8 Å². The standard InChI is InChI=1S/C55H90O15P2/c1-3-5-7-9-11-13-15-17-19-21-23-24-26-28-30-32-34-36-38-40-42-44-55(60)66-46-52(57)48-68-72(63,64)70-50-53(58)49-69-71(61,62)67-47-51(56)45-65-54(59)43-41-39-37-35-33-31-29-27-25-22-20-18-16-14-12-10-8-6-4-2/h5,7,11-14,17-20,23-25,27-28,30-31,33-34,36,51-53,56-58H,3-4,6,8-10,15-16,21-22,26,29,32,35,37-50H2,1-2H3,(H,61,62)(H,63,64)/b7-5-,13-11-,14-12-,19-17-,20-18-,24-23-,27-25-,30-28-,33-31-,36-34-. The fraction of sp³-hybridized carbons (Fsp3) is 0.600. The monoisotopic (exact) mass is 1050 g/mol. The van der Waals surface area contributed by atoms with Gasteiger partial charge in [-0.05, 0) is 109 Å². The van der Waals surface area contributed by atoms with E-state index in [9.17, 15) is 43.8 Å². The lowest BCUT2D eigenvalue weighted by Crippen LogP contribution is -2.25. The van der Waals surface area contributed by atoms with Crippen molar-refractivity contribution < 1.29 is 71.4 Å². The maximum absolute atomic E-state index is 12.2. The molecule has 72 heavy (non-hydrogen) atoms. The Morgan fingerprint density at radius 3 is 0.958 bits per heavy atom. The number of aliphatic hydroxyl groups excluding tert-OH is 3. The fourth-order valence-electron chi connectivity index (χ4n) is 5.90. The van der Waals surface area contributed by atoms with Crippen LogP contribution in [0.15, 0.2) is 122 Å². The van der Waals surface area contributed by atoms with E-state index in [4.69, 9.17) is 9.47 Å². The average molecular weight is 1050 g/mol. The lowest BCUT2D eigenvalue weighted by molar-refractivity contribution is -0.148. The Balaban J connectivity index is 3.98. The summed E-state index contributed by atoms with van der Waals surface area (Å²) in [4.78, 5) is 43.8. The predicted octanol–water partition coefficient (Wildman–Crippen LogP) is 12.6. The van der Waals surface area contributed by atoms with Crippen molar-refractivity contribution in [1.29, 1.82) is 0 Å². The van der Waals surface area contributed by atoms with Gasteiger partial charge >= 0.3 is 27.6 Å². The van der Waals surface area contributed by atoms with Gasteiger partial charge in [0.25, 0.3) is 0 Å². The first kappa shape index (κ1) is 68.4. The molecule has 0 spiro atoms. The lowest BCUT2D eigenvalue weighted by atomic mass is 10.1. The van der Waals surface area contributed by atoms with E-state index in [1.54, 1.807) is 0 Å². The van der Waals surface area contributed by atoms with Crippen LogP contribution < -0.4 is 0 Å². The number of esters is 2. The lowest BCUT2D eigenvalue weighted by Gasteiger charge is -2.19. The molecular weight excluding hydrogens is 963 g/mol. The molecule has 0 aliphatic heterocycles. The minimum atomic E-state index is -4.81. The second kappa shape index (κ2) is 49.6. The highest BCUT2D eigenvalue weighted by atomic mass is 31.2. The quantitative estimate of drug-likeness (QED) is 0.0165. The maximum Gasteiger partial charge on any atom is 0.472 e. The number of carbonyl (C=O) groups is 2. The minimum absolute atomic E-state index is 0.134. The van der Waals surface area contributed by atoms with Gasteiger partial charge in [0.1, 0.15) is 31.5 Å². The van der Waals surface area contributed by atoms with E-state index in [1.165, 1.54) is 19.3 Å². The number of unbranched alkanes of at least 4 members (excludes halogenated alkanes) is 8. The molecule has 0 heterocycles. The molecule has 0 aromatic rings. The summed E-state index contributed by atoms with van der Waals surface area (Å²) in [6, 6.07) is 0. The maximum atomic E-state index is 12.2. The van der Waals surface area contributed by atoms with Crippen LogP contribution in [0.3, 0.4) is 0 Å². The van der Waals surface area contributed by atoms with Gasteiger partial charge in [0.05, 0.1) is 26.4 Å². The highest BCUT2D eigenvalue weighted by Crippen LogP contribution is 2.45. The van der Waals surface area contributed by atoms with Crippen LogP contribution in [0.1, 0.15) is 155 Å². The Kier molecular flexibility index (Phi) is 47.2. The zero-order valence-electron chi connectivity index (χ0n) is 43.3. The van der Waals surface area contributed by atoms with Crippen LogP contribution in [0, 0.1) is 0 Å². The fourth-order valence-corrected chi connectivity index (χ4v) is 7.49. The van der Waals surface area contributed by atoms with Crippen molar-refractivity contribution in [3.05, 3.63) is 122 Å². The van der Waals surface area contributed by atoms with E-state index in [0.29, 0.717) is 12.8 Å². The normalized spacial score (nSPS) is 15.8. The molecule has 0 radical (unpaired) electrons. The molecule has 0 rings (SSSR count). The van der Waals surface area contributed by atoms with Crippen molar-refractivity contribution in [3.63, 3.8) is 0 Å². The number of aliphatic hydroxyl groups is 3. The second-order valence-electron chi connectivity index (χ2n) is 16.8. The first-order valence-electron chi connectivity index (χ1n) is 25.9. The van der Waals surface area contributed by atoms with Crippen molar-refractivity contribution in [1.82, 2.24) is 0 Å². The molecule has 0 amide bonds. The van der Waals surface area contributed by atoms with E-state index in [2.05, 4.69) is 153 Å². The molecule has 5 unspecified atom stereocenters. The molecule has 0 saturated carbocycles. The third-order valence-corrected chi connectivity index (χ3v) is 11.8. The van der Waals surface area contributed by atoms with Gasteiger partial charge in [0.2, 0.25) is 0 Å². The molecule has 0 saturated heterocycles. The van der Waals surface area contributed by atoms with Gasteiger partial charge in [0.15, 0.2) is 0 Å². The summed E-state index contributed by atoms with van der Waals surface area (Å²) in [6.07, 6.45) is 57.5. The number of hydrogen-bond acceptors (Lipinski definition) is 13. The molecule has 0 aliphatic rings. The van der Waals surface area contributed by atoms with E-state index < -0.39 is 85.5 Å². The summed E-state index contributed by atoms with van der Waals surface area (Å²) in [6.45, 7) is 0.160. The van der Waals surface area contributed by atoms with Gasteiger partial charge < -0.3 is 34.6 Å². The summed E-state index contributed by atoms with van der Waals surface area (Å²) >= 11 is 0. The molecule has 17 heteroatoms. The first-order chi connectivity index (χ1) is 34.8. The molecule has 15 nitrogen and oxygen atoms in total. The summed E-state index contributed by atoms with van der Waals surface area (Å²) in [5.74, 6) is -1.08. The van der Waals surface area contributed by atoms with E-state index >= 15 is 0 Å². The van der Waals surface area contributed by atoms with Gasteiger partial charge in [0, 0.05) is 12.8 Å². The van der Waals surface area contributed by atoms with Crippen LogP contribution >= 0.6 is 15.6 Å². The van der Waals surface area contributed by atoms with Crippen molar-refractivity contribution in [2.75, 3.05) is 39.6 Å². The van der Waals surface area contributed by atoms with Gasteiger partial charge in [-0.3, -0.25) is 27.7 Å². The van der Waals surface area contributed by atoms with Crippen molar-refractivity contribution in [2.45, 2.75) is 173 Å². The average Bonchev–Trinajstić information content (AvgIpc) is 3.36. The molecule has 0 aliphatic carbocycles. The Labute approximate surface area is 432 Å². The van der Waals surface area contributed by atoms with Gasteiger partial charge in [-0.2, -0.15) is 0 Å². The molecule has 0 fully saturated rings. The van der Waals surface area contributed by atoms with Crippen LogP contribution in [-0.2, 0) is 46.3 Å². The summed E-state index contributed by atoms with van der Waals surface area (Å²) < 4.78 is 53.0. The number of hydrogen-bond donors (Lipinski definition) is 5. The topological polar surface area (TPSA) is 225 Å². The van der Waals surface area contributed by atoms with Crippen LogP contribution in [0.25, 0.3) is 0 Å². The highest BCUT2D eigenvalue weighted by Gasteiger charge is 2.28. The third kappa shape index (κ3) is 51.3. The van der Waals surface area contributed by atoms with Crippen LogP contribution in [0.2, 0.25) is 0 Å². The highest BCUT2D eigenvalue weighted by molar-refractivity contribution is 7.47. The minimum Gasteiger partial charge on any atom is -0.463 e. The Bertz CT molecular complexity index is 1750. The molecular formula is C55H90O15P2. The molecule has 0 aromatic heterocycles. The van der Waals surface area contributed by atoms with E-state index in [1.807, 2.05) is 0 Å². The number of phosphoric acid groups is 2. The van der Waals surface area contributed by atoms with Crippen molar-refractivity contribution in [3.8, 4) is 0 Å². The Morgan fingerprint density at radius 1 is 0.375 bits per heavy atom. The van der Waals surface area contributed by atoms with Crippen LogP contribution in [0.4, 0.5) is 0 Å². The molecule has 5 atom stereocenters. The Morgan fingerprint density at radius 2 is 0.639 bits per heavy atom. The van der Waals surface area contributed by atoms with Gasteiger partial charge in [-0.1, -0.05) is 155 Å². The molecule has 0 bridgehead atoms. The van der Waals surface area contributed by atoms with Crippen LogP contribution in [-0.4, -0.2) is 95.0 Å². The predicted molar refractivity (Wildman–Crippen MR) is 288 cm³/mol. The van der Waals surface area contributed by atoms with E-state index in [0.717, 1.165) is 96.3 Å². The second-order valence-corrected chi connectivity index (χ2v) is 19.7. The summed E-state index contributed by atoms with van der Waals surface area (Å²) in [5, 5.41) is 30.1. The Hall–Kier alpha value is -3.56. The zero-order valence-corrected chi connectivity index (χ0v) is 45.1. The largest absolute Gasteiger partial charge is 0.472 e. The number of ether oxygens (including phenoxy) is 2. The number of allylic oxidation sites excluding steroid dienone is 20. The summed E-state index contributed by atoms with van der Waals surface area (Å²) in [7, 11) is -9.62. The SMILES string of the molecule is CC/C=C\C/C=C\C/C=C\C/C=C\C/C=C\C/C=C\CCCCC(=O)OCC(O)COP(=O)(O)OCC(O)COP(=O)(O)OCC(O)COC(=O)CCCCC/C=C\C/C=C\C/C=C\C/C=C\CCCCC. The summed E-state index contributed by atoms with van der Waals surface area (Å²) in [5.41, 5.74) is 0. The molecule has 5 N–H and O–H groups in total. The van der Waals surface area contributed by atoms with Gasteiger partial charge in [-0.15, -0.1) is 0 Å². The zero-order chi connectivity index (χ0) is 53.1. The smallest absolute Gasteiger partial charge is 0.463 e. The third-order valence-electron chi connectivity index (χ3n) is 9.90. The molecule has 410 valence electrons.